The van der Waals surface area contributed by atoms with Crippen LogP contribution in [-0.2, 0) is 7.05 Å². The fraction of sp³-hybridized carbons (Fsp3) is 0.375. The largest absolute Gasteiger partial charge is 0.482 e. The van der Waals surface area contributed by atoms with Crippen molar-refractivity contribution in [2.45, 2.75) is 6.92 Å². The van der Waals surface area contributed by atoms with Crippen LogP contribution in [0.25, 0.3) is 0 Å². The molecule has 0 N–H and O–H groups in total. The van der Waals surface area contributed by atoms with E-state index in [1.54, 1.807) is 33.2 Å². The highest BCUT2D eigenvalue weighted by atomic mass is 16.5. The monoisotopic (exact) mass is 153 g/mol. The second-order valence-electron chi connectivity index (χ2n) is 2.42. The van der Waals surface area contributed by atoms with E-state index < -0.39 is 0 Å². The van der Waals surface area contributed by atoms with Crippen LogP contribution >= 0.6 is 0 Å². The van der Waals surface area contributed by atoms with Crippen molar-refractivity contribution in [1.29, 1.82) is 0 Å². The van der Waals surface area contributed by atoms with Crippen LogP contribution in [0.4, 0.5) is 0 Å². The Hall–Kier alpha value is -1.25. The van der Waals surface area contributed by atoms with Crippen LogP contribution in [0, 0.1) is 6.92 Å². The van der Waals surface area contributed by atoms with E-state index in [0.717, 1.165) is 5.56 Å². The van der Waals surface area contributed by atoms with Gasteiger partial charge in [-0.3, -0.25) is 9.36 Å². The highest BCUT2D eigenvalue weighted by Crippen LogP contribution is 2.04. The zero-order valence-electron chi connectivity index (χ0n) is 6.92. The first-order chi connectivity index (χ1) is 5.16. The van der Waals surface area contributed by atoms with Crippen molar-refractivity contribution >= 4 is 0 Å². The zero-order chi connectivity index (χ0) is 8.43. The number of aromatic nitrogens is 1. The Kier molecular flexibility index (Phi) is 1.98. The van der Waals surface area contributed by atoms with E-state index in [0.29, 0.717) is 5.88 Å². The Morgan fingerprint density at radius 1 is 1.45 bits per heavy atom. The molecule has 3 nitrogen and oxygen atoms in total. The second kappa shape index (κ2) is 2.78. The summed E-state index contributed by atoms with van der Waals surface area (Å²) in [6.45, 7) is 1.78. The van der Waals surface area contributed by atoms with Gasteiger partial charge in [0, 0.05) is 12.6 Å². The third kappa shape index (κ3) is 1.27. The SMILES string of the molecule is COc1ccc(C)c(=O)n1C. The Morgan fingerprint density at radius 3 is 2.64 bits per heavy atom. The van der Waals surface area contributed by atoms with Crippen molar-refractivity contribution in [3.8, 4) is 5.88 Å². The van der Waals surface area contributed by atoms with E-state index in [1.807, 2.05) is 0 Å². The average Bonchev–Trinajstić information content (AvgIpc) is 2.01. The summed E-state index contributed by atoms with van der Waals surface area (Å²) in [6, 6.07) is 3.53. The maximum atomic E-state index is 11.2. The van der Waals surface area contributed by atoms with Gasteiger partial charge >= 0.3 is 0 Å². The normalized spacial score (nSPS) is 9.73. The van der Waals surface area contributed by atoms with Gasteiger partial charge in [0.15, 0.2) is 5.88 Å². The van der Waals surface area contributed by atoms with Crippen LogP contribution < -0.4 is 10.3 Å². The third-order valence-electron chi connectivity index (χ3n) is 1.66. The molecule has 0 amide bonds. The van der Waals surface area contributed by atoms with Crippen LogP contribution in [0.2, 0.25) is 0 Å². The molecule has 60 valence electrons. The molecule has 0 radical (unpaired) electrons. The van der Waals surface area contributed by atoms with Crippen molar-refractivity contribution in [1.82, 2.24) is 4.57 Å². The van der Waals surface area contributed by atoms with Crippen molar-refractivity contribution in [3.63, 3.8) is 0 Å². The molecule has 0 unspecified atom stereocenters. The summed E-state index contributed by atoms with van der Waals surface area (Å²) in [5.41, 5.74) is 0.720. The van der Waals surface area contributed by atoms with Gasteiger partial charge in [0.25, 0.3) is 5.56 Å². The molecule has 0 aromatic carbocycles. The maximum absolute atomic E-state index is 11.2. The Bertz CT molecular complexity index is 314. The van der Waals surface area contributed by atoms with Gasteiger partial charge in [-0.15, -0.1) is 0 Å². The maximum Gasteiger partial charge on any atom is 0.255 e. The van der Waals surface area contributed by atoms with Crippen molar-refractivity contribution < 1.29 is 4.74 Å². The molecule has 1 aromatic rings. The molecule has 0 bridgehead atoms. The summed E-state index contributed by atoms with van der Waals surface area (Å²) in [5.74, 6) is 0.584. The molecule has 1 rings (SSSR count). The lowest BCUT2D eigenvalue weighted by Gasteiger charge is -2.05. The van der Waals surface area contributed by atoms with Gasteiger partial charge in [0.1, 0.15) is 0 Å². The number of hydrogen-bond donors (Lipinski definition) is 0. The van der Waals surface area contributed by atoms with Crippen LogP contribution in [0.3, 0.4) is 0 Å². The Balaban J connectivity index is 3.37. The van der Waals surface area contributed by atoms with Gasteiger partial charge < -0.3 is 4.74 Å². The number of pyridine rings is 1. The fourth-order valence-electron chi connectivity index (χ4n) is 0.949. The molecule has 0 spiro atoms. The minimum Gasteiger partial charge on any atom is -0.482 e. The van der Waals surface area contributed by atoms with Gasteiger partial charge in [0.2, 0.25) is 0 Å². The minimum absolute atomic E-state index is 0.00986. The smallest absolute Gasteiger partial charge is 0.255 e. The van der Waals surface area contributed by atoms with Gasteiger partial charge in [-0.05, 0) is 19.1 Å². The predicted octanol–water partition coefficient (Wildman–Crippen LogP) is 0.702. The molecule has 0 atom stereocenters. The highest BCUT2D eigenvalue weighted by molar-refractivity contribution is 5.18. The van der Waals surface area contributed by atoms with E-state index in [2.05, 4.69) is 0 Å². The fourth-order valence-corrected chi connectivity index (χ4v) is 0.949. The van der Waals surface area contributed by atoms with Crippen molar-refractivity contribution in [2.75, 3.05) is 7.11 Å². The molecular formula is C8H11NO2. The third-order valence-corrected chi connectivity index (χ3v) is 1.66. The summed E-state index contributed by atoms with van der Waals surface area (Å²) >= 11 is 0. The second-order valence-corrected chi connectivity index (χ2v) is 2.42. The predicted molar refractivity (Wildman–Crippen MR) is 43.0 cm³/mol. The van der Waals surface area contributed by atoms with E-state index in [4.69, 9.17) is 4.74 Å². The van der Waals surface area contributed by atoms with Crippen molar-refractivity contribution in [2.24, 2.45) is 7.05 Å². The molecule has 1 aromatic heterocycles. The molecule has 0 aliphatic carbocycles. The van der Waals surface area contributed by atoms with Gasteiger partial charge in [-0.2, -0.15) is 0 Å². The number of nitrogens with zero attached hydrogens (tertiary/aromatic N) is 1. The number of rotatable bonds is 1. The molecular weight excluding hydrogens is 142 g/mol. The van der Waals surface area contributed by atoms with E-state index >= 15 is 0 Å². The van der Waals surface area contributed by atoms with Crippen LogP contribution in [-0.4, -0.2) is 11.7 Å². The summed E-state index contributed by atoms with van der Waals surface area (Å²) in [5, 5.41) is 0. The van der Waals surface area contributed by atoms with Gasteiger partial charge in [-0.1, -0.05) is 0 Å². The first-order valence-corrected chi connectivity index (χ1v) is 3.37. The first kappa shape index (κ1) is 7.85. The van der Waals surface area contributed by atoms with Gasteiger partial charge in [0.05, 0.1) is 7.11 Å². The summed E-state index contributed by atoms with van der Waals surface area (Å²) in [4.78, 5) is 11.2. The minimum atomic E-state index is -0.00986. The number of ether oxygens (including phenoxy) is 1. The van der Waals surface area contributed by atoms with E-state index in [1.165, 1.54) is 4.57 Å². The number of aryl methyl sites for hydroxylation is 1. The number of methoxy groups -OCH3 is 1. The highest BCUT2D eigenvalue weighted by Gasteiger charge is 1.99. The van der Waals surface area contributed by atoms with Crippen molar-refractivity contribution in [3.05, 3.63) is 28.0 Å². The molecule has 0 saturated heterocycles. The molecule has 0 aliphatic rings. The van der Waals surface area contributed by atoms with Crippen LogP contribution in [0.1, 0.15) is 5.56 Å². The Morgan fingerprint density at radius 2 is 2.09 bits per heavy atom. The van der Waals surface area contributed by atoms with Crippen LogP contribution in [0.5, 0.6) is 5.88 Å². The zero-order valence-corrected chi connectivity index (χ0v) is 6.92. The molecule has 0 fully saturated rings. The van der Waals surface area contributed by atoms with E-state index in [9.17, 15) is 4.79 Å². The lowest BCUT2D eigenvalue weighted by molar-refractivity contribution is 0.375. The van der Waals surface area contributed by atoms with Gasteiger partial charge in [-0.25, -0.2) is 0 Å². The topological polar surface area (TPSA) is 31.2 Å². The molecule has 11 heavy (non-hydrogen) atoms. The lowest BCUT2D eigenvalue weighted by Crippen LogP contribution is -2.19. The molecule has 3 heteroatoms. The molecule has 0 aliphatic heterocycles. The quantitative estimate of drug-likeness (QED) is 0.594. The average molecular weight is 153 g/mol. The molecule has 0 saturated carbocycles. The molecule has 1 heterocycles. The lowest BCUT2D eigenvalue weighted by atomic mass is 10.3. The van der Waals surface area contributed by atoms with Crippen LogP contribution in [0.15, 0.2) is 16.9 Å². The number of hydrogen-bond acceptors (Lipinski definition) is 2. The van der Waals surface area contributed by atoms with E-state index in [-0.39, 0.29) is 5.56 Å². The first-order valence-electron chi connectivity index (χ1n) is 3.37. The Labute approximate surface area is 65.2 Å². The summed E-state index contributed by atoms with van der Waals surface area (Å²) in [6.07, 6.45) is 0. The summed E-state index contributed by atoms with van der Waals surface area (Å²) in [7, 11) is 3.23. The standard InChI is InChI=1S/C8H11NO2/c1-6-4-5-7(11-3)9(2)8(6)10/h4-5H,1-3H3. The summed E-state index contributed by atoms with van der Waals surface area (Å²) < 4.78 is 6.43.